The number of carbonyl (C=O) groups excluding carboxylic acids is 1. The van der Waals surface area contributed by atoms with Crippen LogP contribution in [-0.4, -0.2) is 30.3 Å². The van der Waals surface area contributed by atoms with Crippen LogP contribution in [0.2, 0.25) is 0 Å². The quantitative estimate of drug-likeness (QED) is 0.452. The van der Waals surface area contributed by atoms with Crippen molar-refractivity contribution in [2.24, 2.45) is 0 Å². The van der Waals surface area contributed by atoms with Crippen molar-refractivity contribution in [3.05, 3.63) is 12.2 Å². The molecular formula is C8H6F8O2. The summed E-state index contributed by atoms with van der Waals surface area (Å²) in [5.41, 5.74) is -0.748. The van der Waals surface area contributed by atoms with Crippen LogP contribution in [0.1, 0.15) is 6.92 Å². The second-order valence-electron chi connectivity index (χ2n) is 3.23. The van der Waals surface area contributed by atoms with Gasteiger partial charge in [-0.25, -0.2) is 4.79 Å². The molecule has 0 spiro atoms. The molecule has 0 heterocycles. The molecule has 0 aliphatic carbocycles. The molecule has 18 heavy (non-hydrogen) atoms. The molecule has 0 fully saturated rings. The molecule has 0 aliphatic rings. The number of rotatable bonds is 3. The first kappa shape index (κ1) is 16.6. The van der Waals surface area contributed by atoms with Crippen molar-refractivity contribution in [2.45, 2.75) is 31.3 Å². The molecule has 0 aromatic rings. The van der Waals surface area contributed by atoms with Crippen molar-refractivity contribution in [1.29, 1.82) is 0 Å². The van der Waals surface area contributed by atoms with Crippen molar-refractivity contribution in [1.82, 2.24) is 0 Å². The minimum absolute atomic E-state index is 0.748. The van der Waals surface area contributed by atoms with E-state index >= 15 is 0 Å². The summed E-state index contributed by atoms with van der Waals surface area (Å²) >= 11 is 0. The zero-order chi connectivity index (χ0) is 14.9. The molecule has 1 unspecified atom stereocenters. The average Bonchev–Trinajstić information content (AvgIpc) is 2.09. The minimum Gasteiger partial charge on any atom is -0.442 e. The standard InChI is InChI=1S/C8H6F8O2/c1-3(2)4(17)18-5(7(11,12)13)6(9,10)8(14,15)16/h5H,1H2,2H3. The average molecular weight is 286 g/mol. The largest absolute Gasteiger partial charge is 0.457 e. The lowest BCUT2D eigenvalue weighted by atomic mass is 10.1. The predicted octanol–water partition coefficient (Wildman–Crippen LogP) is 3.23. The number of halogens is 8. The molecule has 2 nitrogen and oxygen atoms in total. The van der Waals surface area contributed by atoms with Crippen LogP contribution in [-0.2, 0) is 9.53 Å². The lowest BCUT2D eigenvalue weighted by Crippen LogP contribution is -2.55. The van der Waals surface area contributed by atoms with Gasteiger partial charge >= 0.3 is 24.2 Å². The number of hydrogen-bond acceptors (Lipinski definition) is 2. The SMILES string of the molecule is C=C(C)C(=O)OC(C(F)(F)F)C(F)(F)C(F)(F)F. The molecule has 0 saturated carbocycles. The molecule has 0 N–H and O–H groups in total. The topological polar surface area (TPSA) is 26.3 Å². The molecular weight excluding hydrogens is 280 g/mol. The summed E-state index contributed by atoms with van der Waals surface area (Å²) in [6.07, 6.45) is -17.2. The summed E-state index contributed by atoms with van der Waals surface area (Å²) in [5.74, 6) is -8.25. The monoisotopic (exact) mass is 286 g/mol. The normalized spacial score (nSPS) is 15.2. The van der Waals surface area contributed by atoms with E-state index in [-0.39, 0.29) is 0 Å². The van der Waals surface area contributed by atoms with Crippen LogP contribution in [0.4, 0.5) is 35.1 Å². The molecule has 0 saturated heterocycles. The van der Waals surface area contributed by atoms with E-state index in [0.717, 1.165) is 6.92 Å². The molecule has 0 amide bonds. The second-order valence-corrected chi connectivity index (χ2v) is 3.23. The number of esters is 1. The zero-order valence-corrected chi connectivity index (χ0v) is 8.62. The summed E-state index contributed by atoms with van der Waals surface area (Å²) in [7, 11) is 0. The van der Waals surface area contributed by atoms with Gasteiger partial charge in [0.05, 0.1) is 0 Å². The lowest BCUT2D eigenvalue weighted by molar-refractivity contribution is -0.360. The van der Waals surface area contributed by atoms with Gasteiger partial charge in [-0.2, -0.15) is 35.1 Å². The Hall–Kier alpha value is -1.35. The van der Waals surface area contributed by atoms with E-state index in [0.29, 0.717) is 0 Å². The highest BCUT2D eigenvalue weighted by Crippen LogP contribution is 2.45. The van der Waals surface area contributed by atoms with Crippen LogP contribution in [0, 0.1) is 0 Å². The summed E-state index contributed by atoms with van der Waals surface area (Å²) in [6, 6.07) is 0. The fraction of sp³-hybridized carbons (Fsp3) is 0.625. The summed E-state index contributed by atoms with van der Waals surface area (Å²) in [6.45, 7) is 3.56. The summed E-state index contributed by atoms with van der Waals surface area (Å²) < 4.78 is 99.9. The number of ether oxygens (including phenoxy) is 1. The third-order valence-corrected chi connectivity index (χ3v) is 1.58. The van der Waals surface area contributed by atoms with Crippen LogP contribution >= 0.6 is 0 Å². The van der Waals surface area contributed by atoms with Crippen molar-refractivity contribution >= 4 is 5.97 Å². The first-order valence-corrected chi connectivity index (χ1v) is 4.09. The molecule has 0 rings (SSSR count). The van der Waals surface area contributed by atoms with Crippen molar-refractivity contribution < 1.29 is 44.7 Å². The minimum atomic E-state index is -6.51. The van der Waals surface area contributed by atoms with E-state index in [9.17, 15) is 39.9 Å². The van der Waals surface area contributed by atoms with Gasteiger partial charge in [0.25, 0.3) is 6.10 Å². The van der Waals surface area contributed by atoms with Gasteiger partial charge < -0.3 is 4.74 Å². The van der Waals surface area contributed by atoms with Crippen LogP contribution in [0.5, 0.6) is 0 Å². The fourth-order valence-electron chi connectivity index (χ4n) is 0.703. The number of hydrogen-bond donors (Lipinski definition) is 0. The lowest BCUT2D eigenvalue weighted by Gasteiger charge is -2.29. The van der Waals surface area contributed by atoms with Gasteiger partial charge in [-0.1, -0.05) is 6.58 Å². The van der Waals surface area contributed by atoms with E-state index in [2.05, 4.69) is 11.3 Å². The molecule has 0 aromatic carbocycles. The zero-order valence-electron chi connectivity index (χ0n) is 8.62. The van der Waals surface area contributed by atoms with Gasteiger partial charge in [-0.05, 0) is 6.92 Å². The fourth-order valence-corrected chi connectivity index (χ4v) is 0.703. The highest BCUT2D eigenvalue weighted by molar-refractivity contribution is 5.87. The molecule has 1 atom stereocenters. The van der Waals surface area contributed by atoms with Gasteiger partial charge in [0.2, 0.25) is 0 Å². The van der Waals surface area contributed by atoms with Crippen LogP contribution < -0.4 is 0 Å². The van der Waals surface area contributed by atoms with E-state index in [1.165, 1.54) is 0 Å². The van der Waals surface area contributed by atoms with Crippen LogP contribution in [0.25, 0.3) is 0 Å². The third kappa shape index (κ3) is 3.57. The Morgan fingerprint density at radius 2 is 1.44 bits per heavy atom. The summed E-state index contributed by atoms with van der Waals surface area (Å²) in [5, 5.41) is 0. The van der Waals surface area contributed by atoms with Crippen molar-refractivity contribution in [3.63, 3.8) is 0 Å². The Kier molecular flexibility index (Phi) is 4.37. The van der Waals surface area contributed by atoms with Gasteiger partial charge in [-0.3, -0.25) is 0 Å². The second kappa shape index (κ2) is 4.73. The predicted molar refractivity (Wildman–Crippen MR) is 41.8 cm³/mol. The van der Waals surface area contributed by atoms with E-state index < -0.39 is 35.9 Å². The van der Waals surface area contributed by atoms with Gasteiger partial charge in [0.1, 0.15) is 0 Å². The third-order valence-electron chi connectivity index (χ3n) is 1.58. The number of alkyl halides is 8. The molecule has 106 valence electrons. The van der Waals surface area contributed by atoms with Crippen molar-refractivity contribution in [2.75, 3.05) is 0 Å². The Morgan fingerprint density at radius 3 is 1.67 bits per heavy atom. The van der Waals surface area contributed by atoms with Crippen LogP contribution in [0.3, 0.4) is 0 Å². The molecule has 10 heteroatoms. The summed E-state index contributed by atoms with van der Waals surface area (Å²) in [4.78, 5) is 10.7. The Bertz CT molecular complexity index is 340. The maximum Gasteiger partial charge on any atom is 0.457 e. The molecule has 0 aromatic heterocycles. The number of carbonyl (C=O) groups is 1. The van der Waals surface area contributed by atoms with Gasteiger partial charge in [0.15, 0.2) is 0 Å². The highest BCUT2D eigenvalue weighted by Gasteiger charge is 2.72. The van der Waals surface area contributed by atoms with Gasteiger partial charge in [0, 0.05) is 5.57 Å². The van der Waals surface area contributed by atoms with E-state index in [1.54, 1.807) is 0 Å². The maximum atomic E-state index is 12.6. The van der Waals surface area contributed by atoms with Crippen LogP contribution in [0.15, 0.2) is 12.2 Å². The first-order valence-electron chi connectivity index (χ1n) is 4.09. The maximum absolute atomic E-state index is 12.6. The van der Waals surface area contributed by atoms with Crippen molar-refractivity contribution in [3.8, 4) is 0 Å². The smallest absolute Gasteiger partial charge is 0.442 e. The highest BCUT2D eigenvalue weighted by atomic mass is 19.4. The Balaban J connectivity index is 5.41. The Morgan fingerprint density at radius 1 is 1.06 bits per heavy atom. The van der Waals surface area contributed by atoms with Gasteiger partial charge in [-0.15, -0.1) is 0 Å². The van der Waals surface area contributed by atoms with E-state index in [4.69, 9.17) is 0 Å². The first-order chi connectivity index (χ1) is 7.71. The molecule has 0 bridgehead atoms. The van der Waals surface area contributed by atoms with E-state index in [1.807, 2.05) is 0 Å². The Labute approximate surface area is 95.2 Å². The molecule has 0 radical (unpaired) electrons. The molecule has 0 aliphatic heterocycles.